The minimum atomic E-state index is -3.86. The maximum atomic E-state index is 13.1. The molecule has 1 saturated heterocycles. The second-order valence-corrected chi connectivity index (χ2v) is 11.6. The molecule has 36 heavy (non-hydrogen) atoms. The average molecular weight is 554 g/mol. The maximum absolute atomic E-state index is 13.1. The van der Waals surface area contributed by atoms with E-state index in [2.05, 4.69) is 10.3 Å². The van der Waals surface area contributed by atoms with E-state index in [9.17, 15) is 22.8 Å². The Bertz CT molecular complexity index is 1400. The van der Waals surface area contributed by atoms with E-state index in [1.807, 2.05) is 0 Å². The summed E-state index contributed by atoms with van der Waals surface area (Å²) in [6.07, 6.45) is 2.65. The summed E-state index contributed by atoms with van der Waals surface area (Å²) in [5.41, 5.74) is 0.576. The zero-order valence-corrected chi connectivity index (χ0v) is 21.7. The van der Waals surface area contributed by atoms with Crippen LogP contribution in [0.25, 0.3) is 10.1 Å². The van der Waals surface area contributed by atoms with Crippen LogP contribution in [0.15, 0.2) is 41.0 Å². The molecule has 0 unspecified atom stereocenters. The van der Waals surface area contributed by atoms with Crippen LogP contribution in [-0.2, 0) is 30.8 Å². The highest BCUT2D eigenvalue weighted by Crippen LogP contribution is 2.33. The molecule has 3 aromatic rings. The van der Waals surface area contributed by atoms with Crippen LogP contribution in [0.1, 0.15) is 12.6 Å². The van der Waals surface area contributed by atoms with Crippen LogP contribution in [0.4, 0.5) is 4.79 Å². The van der Waals surface area contributed by atoms with Crippen molar-refractivity contribution in [2.45, 2.75) is 17.6 Å². The molecule has 0 saturated carbocycles. The van der Waals surface area contributed by atoms with Gasteiger partial charge < -0.3 is 15.0 Å². The molecule has 1 aliphatic rings. The molecule has 192 valence electrons. The summed E-state index contributed by atoms with van der Waals surface area (Å²) in [6, 6.07) is 6.71. The Kier molecular flexibility index (Phi) is 7.93. The molecule has 0 radical (unpaired) electrons. The van der Waals surface area contributed by atoms with Crippen LogP contribution in [0.3, 0.4) is 0 Å². The molecule has 14 heteroatoms. The lowest BCUT2D eigenvalue weighted by molar-refractivity contribution is -0.138. The van der Waals surface area contributed by atoms with Gasteiger partial charge in [0, 0.05) is 42.0 Å². The fourth-order valence-corrected chi connectivity index (χ4v) is 6.93. The second kappa shape index (κ2) is 10.9. The molecule has 1 N–H and O–H groups in total. The van der Waals surface area contributed by atoms with Gasteiger partial charge in [0.2, 0.25) is 11.8 Å². The monoisotopic (exact) mass is 553 g/mol. The fraction of sp³-hybridized carbons (Fsp3) is 0.364. The van der Waals surface area contributed by atoms with Gasteiger partial charge >= 0.3 is 6.09 Å². The normalized spacial score (nSPS) is 14.8. The largest absolute Gasteiger partial charge is 0.449 e. The van der Waals surface area contributed by atoms with Crippen molar-refractivity contribution >= 4 is 61.0 Å². The summed E-state index contributed by atoms with van der Waals surface area (Å²) in [7, 11) is -3.86. The molecule has 2 amide bonds. The zero-order valence-electron chi connectivity index (χ0n) is 19.3. The molecular formula is C22H24ClN5O6S2. The van der Waals surface area contributed by atoms with E-state index in [4.69, 9.17) is 16.3 Å². The van der Waals surface area contributed by atoms with Crippen molar-refractivity contribution in [3.63, 3.8) is 0 Å². The summed E-state index contributed by atoms with van der Waals surface area (Å²) >= 11 is 7.10. The topological polar surface area (TPSA) is 131 Å². The number of thiophene rings is 1. The number of nitrogens with one attached hydrogen (secondary N) is 1. The highest BCUT2D eigenvalue weighted by atomic mass is 35.5. The number of benzene rings is 1. The quantitative estimate of drug-likeness (QED) is 0.451. The first-order valence-electron chi connectivity index (χ1n) is 11.1. The summed E-state index contributed by atoms with van der Waals surface area (Å²) in [5.74, 6) is -0.840. The van der Waals surface area contributed by atoms with E-state index in [-0.39, 0.29) is 49.4 Å². The third-order valence-electron chi connectivity index (χ3n) is 5.55. The van der Waals surface area contributed by atoms with Gasteiger partial charge in [-0.05, 0) is 30.5 Å². The third kappa shape index (κ3) is 5.69. The average Bonchev–Trinajstić information content (AvgIpc) is 3.47. The minimum Gasteiger partial charge on any atom is -0.449 e. The lowest BCUT2D eigenvalue weighted by atomic mass is 10.3. The summed E-state index contributed by atoms with van der Waals surface area (Å²) in [6.45, 7) is 1.80. The molecule has 0 atom stereocenters. The summed E-state index contributed by atoms with van der Waals surface area (Å²) < 4.78 is 34.4. The number of amides is 2. The molecule has 0 aliphatic carbocycles. The van der Waals surface area contributed by atoms with Crippen molar-refractivity contribution in [2.75, 3.05) is 39.3 Å². The van der Waals surface area contributed by atoms with E-state index >= 15 is 0 Å². The summed E-state index contributed by atoms with van der Waals surface area (Å²) in [4.78, 5) is 42.2. The van der Waals surface area contributed by atoms with Gasteiger partial charge in [0.05, 0.1) is 25.4 Å². The van der Waals surface area contributed by atoms with Crippen LogP contribution in [0.5, 0.6) is 0 Å². The van der Waals surface area contributed by atoms with Crippen molar-refractivity contribution < 1.29 is 27.5 Å². The number of piperazine rings is 1. The van der Waals surface area contributed by atoms with E-state index in [0.29, 0.717) is 17.1 Å². The Morgan fingerprint density at radius 2 is 2.06 bits per heavy atom. The molecule has 0 spiro atoms. The molecular weight excluding hydrogens is 530 g/mol. The standard InChI is InChI=1S/C22H24ClN5O6S2/c1-2-34-22(31)28-14-24-11-17(28)5-6-25-19(29)12-26-7-8-27(13-20(26)30)36(32,33)21-9-15-3-4-16(23)10-18(15)35-21/h3-4,9-11,14H,2,5-8,12-13H2,1H3,(H,25,29). The van der Waals surface area contributed by atoms with Crippen molar-refractivity contribution in [3.8, 4) is 0 Å². The highest BCUT2D eigenvalue weighted by Gasteiger charge is 2.34. The Labute approximate surface area is 216 Å². The molecule has 2 aromatic heterocycles. The number of sulfonamides is 1. The van der Waals surface area contributed by atoms with Crippen LogP contribution in [-0.4, -0.2) is 84.4 Å². The van der Waals surface area contributed by atoms with Crippen molar-refractivity contribution in [1.29, 1.82) is 0 Å². The van der Waals surface area contributed by atoms with Gasteiger partial charge in [0.15, 0.2) is 0 Å². The van der Waals surface area contributed by atoms with E-state index < -0.39 is 22.0 Å². The number of halogens is 1. The van der Waals surface area contributed by atoms with Gasteiger partial charge in [0.25, 0.3) is 10.0 Å². The van der Waals surface area contributed by atoms with E-state index in [0.717, 1.165) is 25.7 Å². The van der Waals surface area contributed by atoms with Gasteiger partial charge in [-0.15, -0.1) is 11.3 Å². The Hall–Kier alpha value is -3.00. The molecule has 4 rings (SSSR count). The molecule has 1 fully saturated rings. The number of fused-ring (bicyclic) bond motifs is 1. The SMILES string of the molecule is CCOC(=O)n1cncc1CCNC(=O)CN1CCN(S(=O)(=O)c2cc3ccc(Cl)cc3s2)CC1=O. The number of hydrogen-bond donors (Lipinski definition) is 1. The van der Waals surface area contributed by atoms with Gasteiger partial charge in [0.1, 0.15) is 10.5 Å². The Balaban J connectivity index is 1.29. The maximum Gasteiger partial charge on any atom is 0.419 e. The van der Waals surface area contributed by atoms with Gasteiger partial charge in [-0.2, -0.15) is 4.31 Å². The molecule has 1 aromatic carbocycles. The number of carbonyl (C=O) groups excluding carboxylic acids is 3. The van der Waals surface area contributed by atoms with Crippen LogP contribution in [0, 0.1) is 0 Å². The molecule has 1 aliphatic heterocycles. The van der Waals surface area contributed by atoms with Crippen molar-refractivity contribution in [2.24, 2.45) is 0 Å². The Morgan fingerprint density at radius 3 is 2.81 bits per heavy atom. The zero-order chi connectivity index (χ0) is 25.9. The number of ether oxygens (including phenoxy) is 1. The predicted octanol–water partition coefficient (Wildman–Crippen LogP) is 1.95. The van der Waals surface area contributed by atoms with E-state index in [1.165, 1.54) is 22.0 Å². The van der Waals surface area contributed by atoms with Crippen molar-refractivity contribution in [3.05, 3.63) is 47.5 Å². The Morgan fingerprint density at radius 1 is 1.25 bits per heavy atom. The summed E-state index contributed by atoms with van der Waals surface area (Å²) in [5, 5.41) is 3.98. The number of rotatable bonds is 8. The van der Waals surface area contributed by atoms with Crippen molar-refractivity contribution in [1.82, 2.24) is 24.1 Å². The van der Waals surface area contributed by atoms with Crippen LogP contribution in [0.2, 0.25) is 5.02 Å². The number of imidazole rings is 1. The first kappa shape index (κ1) is 26.1. The van der Waals surface area contributed by atoms with Gasteiger partial charge in [-0.3, -0.25) is 9.59 Å². The number of aromatic nitrogens is 2. The first-order valence-corrected chi connectivity index (χ1v) is 13.7. The van der Waals surface area contributed by atoms with Gasteiger partial charge in [-0.1, -0.05) is 17.7 Å². The number of hydrogen-bond acceptors (Lipinski definition) is 8. The molecule has 11 nitrogen and oxygen atoms in total. The molecule has 3 heterocycles. The number of nitrogens with zero attached hydrogens (tertiary/aromatic N) is 4. The van der Waals surface area contributed by atoms with E-state index in [1.54, 1.807) is 31.2 Å². The van der Waals surface area contributed by atoms with Crippen LogP contribution >= 0.6 is 22.9 Å². The highest BCUT2D eigenvalue weighted by molar-refractivity contribution is 7.91. The minimum absolute atomic E-state index is 0.0785. The predicted molar refractivity (Wildman–Crippen MR) is 134 cm³/mol. The first-order chi connectivity index (χ1) is 17.2. The lowest BCUT2D eigenvalue weighted by Crippen LogP contribution is -2.54. The van der Waals surface area contributed by atoms with Crippen LogP contribution < -0.4 is 5.32 Å². The molecule has 0 bridgehead atoms. The smallest absolute Gasteiger partial charge is 0.419 e. The third-order valence-corrected chi connectivity index (χ3v) is 9.18. The van der Waals surface area contributed by atoms with Gasteiger partial charge in [-0.25, -0.2) is 22.8 Å². The number of carbonyl (C=O) groups is 3. The fourth-order valence-electron chi connectivity index (χ4n) is 3.72. The lowest BCUT2D eigenvalue weighted by Gasteiger charge is -2.32. The second-order valence-electron chi connectivity index (χ2n) is 7.96.